The molecule has 10 nitrogen and oxygen atoms in total. The van der Waals surface area contributed by atoms with Gasteiger partial charge in [-0.1, -0.05) is 12.1 Å². The Bertz CT molecular complexity index is 1160. The summed E-state index contributed by atoms with van der Waals surface area (Å²) in [5.74, 6) is -4.51. The number of nitrogens with zero attached hydrogens (tertiary/aromatic N) is 4. The van der Waals surface area contributed by atoms with Crippen molar-refractivity contribution in [3.63, 3.8) is 0 Å². The van der Waals surface area contributed by atoms with Crippen LogP contribution in [0.3, 0.4) is 0 Å². The zero-order valence-electron chi connectivity index (χ0n) is 17.0. The van der Waals surface area contributed by atoms with Crippen LogP contribution >= 0.6 is 0 Å². The van der Waals surface area contributed by atoms with E-state index in [-0.39, 0.29) is 5.56 Å². The number of hydrogen-bond donors (Lipinski definition) is 2. The maximum Gasteiger partial charge on any atom is 0.268 e. The van der Waals surface area contributed by atoms with Crippen LogP contribution in [0, 0.1) is 11.3 Å². The molecule has 1 aromatic carbocycles. The van der Waals surface area contributed by atoms with Crippen molar-refractivity contribution in [3.05, 3.63) is 47.8 Å². The Hall–Kier alpha value is -3.53. The number of sulfonamides is 1. The van der Waals surface area contributed by atoms with Gasteiger partial charge >= 0.3 is 0 Å². The molecule has 0 radical (unpaired) electrons. The van der Waals surface area contributed by atoms with Crippen LogP contribution in [0.2, 0.25) is 0 Å². The third-order valence-corrected chi connectivity index (χ3v) is 5.24. The molecule has 1 aliphatic heterocycles. The summed E-state index contributed by atoms with van der Waals surface area (Å²) in [5.41, 5.74) is 1.37. The van der Waals surface area contributed by atoms with Gasteiger partial charge in [-0.05, 0) is 17.7 Å². The number of carbonyl (C=O) groups is 2. The summed E-state index contributed by atoms with van der Waals surface area (Å²) in [5, 5.41) is 15.4. The van der Waals surface area contributed by atoms with Gasteiger partial charge in [0.2, 0.25) is 15.9 Å². The molecule has 1 atom stereocenters. The smallest absolute Gasteiger partial charge is 0.268 e. The average molecular weight is 466 g/mol. The predicted molar refractivity (Wildman–Crippen MR) is 109 cm³/mol. The number of benzene rings is 1. The summed E-state index contributed by atoms with van der Waals surface area (Å²) in [6, 6.07) is 7.03. The van der Waals surface area contributed by atoms with Crippen molar-refractivity contribution in [1.82, 2.24) is 20.0 Å². The molecule has 2 N–H and O–H groups in total. The average Bonchev–Trinajstić information content (AvgIpc) is 3.30. The molecule has 1 saturated heterocycles. The second kappa shape index (κ2) is 8.91. The zero-order chi connectivity index (χ0) is 23.5. The lowest BCUT2D eigenvalue weighted by atomic mass is 10.2. The van der Waals surface area contributed by atoms with E-state index in [1.54, 1.807) is 30.3 Å². The van der Waals surface area contributed by atoms with Crippen molar-refractivity contribution in [2.24, 2.45) is 0 Å². The van der Waals surface area contributed by atoms with Crippen molar-refractivity contribution >= 4 is 27.5 Å². The number of aromatic nitrogens is 2. The number of hydrogen-bond acceptors (Lipinski definition) is 6. The number of nitrogens with one attached hydrogen (secondary N) is 2. The van der Waals surface area contributed by atoms with Crippen molar-refractivity contribution in [2.45, 2.75) is 24.9 Å². The highest BCUT2D eigenvalue weighted by Crippen LogP contribution is 2.31. The third-order valence-electron chi connectivity index (χ3n) is 4.64. The minimum atomic E-state index is -3.37. The molecule has 0 bridgehead atoms. The van der Waals surface area contributed by atoms with E-state index in [1.807, 2.05) is 0 Å². The highest BCUT2D eigenvalue weighted by atomic mass is 32.2. The highest BCUT2D eigenvalue weighted by Gasteiger charge is 2.47. The van der Waals surface area contributed by atoms with Crippen molar-refractivity contribution in [2.75, 3.05) is 24.1 Å². The van der Waals surface area contributed by atoms with Crippen LogP contribution in [0.1, 0.15) is 22.3 Å². The van der Waals surface area contributed by atoms with E-state index < -0.39 is 53.3 Å². The number of likely N-dealkylation sites (tertiary alicyclic amines) is 1. The normalized spacial score (nSPS) is 17.6. The molecule has 1 aromatic heterocycles. The lowest BCUT2D eigenvalue weighted by Crippen LogP contribution is -2.42. The van der Waals surface area contributed by atoms with Crippen molar-refractivity contribution in [1.29, 1.82) is 5.26 Å². The minimum Gasteiger partial charge on any atom is -0.343 e. The quantitative estimate of drug-likeness (QED) is 0.619. The van der Waals surface area contributed by atoms with Crippen LogP contribution in [-0.4, -0.2) is 66.2 Å². The number of amides is 2. The second-order valence-corrected chi connectivity index (χ2v) is 9.16. The van der Waals surface area contributed by atoms with Gasteiger partial charge < -0.3 is 10.2 Å². The third kappa shape index (κ3) is 6.01. The van der Waals surface area contributed by atoms with Crippen LogP contribution in [-0.2, 0) is 21.4 Å². The molecule has 2 aromatic rings. The van der Waals surface area contributed by atoms with Gasteiger partial charge in [-0.2, -0.15) is 10.4 Å². The summed E-state index contributed by atoms with van der Waals surface area (Å²) in [6.07, 6.45) is 3.07. The summed E-state index contributed by atoms with van der Waals surface area (Å²) in [4.78, 5) is 25.2. The van der Waals surface area contributed by atoms with E-state index in [2.05, 4.69) is 15.1 Å². The minimum absolute atomic E-state index is 0.164. The van der Waals surface area contributed by atoms with E-state index in [0.29, 0.717) is 12.2 Å². The first-order valence-corrected chi connectivity index (χ1v) is 11.3. The Morgan fingerprint density at radius 1 is 1.31 bits per heavy atom. The standard InChI is InChI=1S/C19H20F2N6O4S/c1-32(30,31)25-15-4-2-13(3-5-15)10-26-11-14(8-24-26)18(29)23-9-17(28)27-12-19(20,21)6-16(27)7-22/h2-5,8,11,16,25H,6,9-10,12H2,1H3,(H,23,29)/t16-/m0/s1. The number of carbonyl (C=O) groups excluding carboxylic acids is 2. The molecule has 1 fully saturated rings. The lowest BCUT2D eigenvalue weighted by molar-refractivity contribution is -0.131. The first-order chi connectivity index (χ1) is 15.0. The Morgan fingerprint density at radius 2 is 2.00 bits per heavy atom. The second-order valence-electron chi connectivity index (χ2n) is 7.41. The fraction of sp³-hybridized carbons (Fsp3) is 0.368. The van der Waals surface area contributed by atoms with Gasteiger partial charge in [-0.15, -0.1) is 0 Å². The predicted octanol–water partition coefficient (Wildman–Crippen LogP) is 0.792. The van der Waals surface area contributed by atoms with Gasteiger partial charge in [0, 0.05) is 18.3 Å². The van der Waals surface area contributed by atoms with Gasteiger partial charge in [0.25, 0.3) is 11.8 Å². The summed E-state index contributed by atoms with van der Waals surface area (Å²) >= 11 is 0. The van der Waals surface area contributed by atoms with Crippen LogP contribution < -0.4 is 10.0 Å². The monoisotopic (exact) mass is 466 g/mol. The highest BCUT2D eigenvalue weighted by molar-refractivity contribution is 7.92. The maximum absolute atomic E-state index is 13.5. The Balaban J connectivity index is 1.54. The topological polar surface area (TPSA) is 137 Å². The molecule has 32 heavy (non-hydrogen) atoms. The Kier molecular flexibility index (Phi) is 6.45. The SMILES string of the molecule is CS(=O)(=O)Nc1ccc(Cn2cc(C(=O)NCC(=O)N3CC(F)(F)C[C@H]3C#N)cn2)cc1. The van der Waals surface area contributed by atoms with E-state index in [0.717, 1.165) is 16.7 Å². The Morgan fingerprint density at radius 3 is 2.62 bits per heavy atom. The number of anilines is 1. The molecule has 0 aliphatic carbocycles. The molecular formula is C19H20F2N6O4S. The summed E-state index contributed by atoms with van der Waals surface area (Å²) < 4.78 is 53.2. The van der Waals surface area contributed by atoms with E-state index >= 15 is 0 Å². The van der Waals surface area contributed by atoms with Crippen molar-refractivity contribution < 1.29 is 26.8 Å². The molecule has 0 spiro atoms. The van der Waals surface area contributed by atoms with E-state index in [4.69, 9.17) is 5.26 Å². The van der Waals surface area contributed by atoms with Gasteiger partial charge in [-0.25, -0.2) is 17.2 Å². The Labute approximate surface area is 182 Å². The molecule has 0 unspecified atom stereocenters. The van der Waals surface area contributed by atoms with Crippen LogP contribution in [0.4, 0.5) is 14.5 Å². The first kappa shape index (κ1) is 23.1. The number of alkyl halides is 2. The molecule has 2 heterocycles. The van der Waals surface area contributed by atoms with Crippen LogP contribution in [0.25, 0.3) is 0 Å². The molecular weight excluding hydrogens is 446 g/mol. The van der Waals surface area contributed by atoms with E-state index in [9.17, 15) is 26.8 Å². The van der Waals surface area contributed by atoms with Gasteiger partial charge in [0.15, 0.2) is 0 Å². The lowest BCUT2D eigenvalue weighted by Gasteiger charge is -2.19. The van der Waals surface area contributed by atoms with Gasteiger partial charge in [-0.3, -0.25) is 19.0 Å². The van der Waals surface area contributed by atoms with Crippen molar-refractivity contribution in [3.8, 4) is 6.07 Å². The fourth-order valence-electron chi connectivity index (χ4n) is 3.20. The summed E-state index contributed by atoms with van der Waals surface area (Å²) in [6.45, 7) is -1.07. The molecule has 2 amide bonds. The maximum atomic E-state index is 13.5. The zero-order valence-corrected chi connectivity index (χ0v) is 17.8. The number of rotatable bonds is 7. The molecule has 1 aliphatic rings. The number of nitriles is 1. The van der Waals surface area contributed by atoms with Gasteiger partial charge in [0.1, 0.15) is 6.04 Å². The molecule has 0 saturated carbocycles. The fourth-order valence-corrected chi connectivity index (χ4v) is 3.76. The van der Waals surface area contributed by atoms with Crippen LogP contribution in [0.15, 0.2) is 36.7 Å². The molecule has 13 heteroatoms. The molecule has 170 valence electrons. The largest absolute Gasteiger partial charge is 0.343 e. The number of halogens is 2. The van der Waals surface area contributed by atoms with Crippen LogP contribution in [0.5, 0.6) is 0 Å². The van der Waals surface area contributed by atoms with E-state index in [1.165, 1.54) is 17.1 Å². The first-order valence-electron chi connectivity index (χ1n) is 9.40. The molecule has 3 rings (SSSR count). The summed E-state index contributed by atoms with van der Waals surface area (Å²) in [7, 11) is -3.37. The van der Waals surface area contributed by atoms with Gasteiger partial charge in [0.05, 0.1) is 43.7 Å².